The van der Waals surface area contributed by atoms with Crippen LogP contribution in [0.5, 0.6) is 0 Å². The summed E-state index contributed by atoms with van der Waals surface area (Å²) < 4.78 is 0. The lowest BCUT2D eigenvalue weighted by Crippen LogP contribution is -2.32. The molecule has 16 heavy (non-hydrogen) atoms. The summed E-state index contributed by atoms with van der Waals surface area (Å²) in [4.78, 5) is 26.9. The number of aromatic nitrogens is 2. The molecule has 0 aromatic carbocycles. The molecule has 2 rings (SSSR count). The third kappa shape index (κ3) is 2.53. The normalized spacial score (nSPS) is 25.3. The Hall–Kier alpha value is -1.52. The van der Waals surface area contributed by atoms with E-state index in [9.17, 15) is 9.59 Å². The number of aromatic amines is 2. The predicted octanol–water partition coefficient (Wildman–Crippen LogP) is 1.05. The second-order valence-electron chi connectivity index (χ2n) is 4.51. The van der Waals surface area contributed by atoms with E-state index in [1.165, 1.54) is 25.3 Å². The number of H-pyrrole nitrogens is 2. The number of nitrogens with one attached hydrogen (secondary N) is 3. The van der Waals surface area contributed by atoms with Crippen molar-refractivity contribution in [2.45, 2.75) is 38.6 Å². The molecule has 0 spiro atoms. The molecule has 0 radical (unpaired) electrons. The van der Waals surface area contributed by atoms with Gasteiger partial charge in [0.2, 0.25) is 0 Å². The highest BCUT2D eigenvalue weighted by Gasteiger charge is 2.21. The molecule has 1 aliphatic carbocycles. The van der Waals surface area contributed by atoms with Gasteiger partial charge in [-0.15, -0.1) is 0 Å². The van der Waals surface area contributed by atoms with Gasteiger partial charge in [-0.05, 0) is 18.8 Å². The van der Waals surface area contributed by atoms with Crippen molar-refractivity contribution in [1.82, 2.24) is 9.97 Å². The van der Waals surface area contributed by atoms with E-state index in [1.54, 1.807) is 0 Å². The molecule has 0 saturated heterocycles. The average molecular weight is 223 g/mol. The quantitative estimate of drug-likeness (QED) is 0.701. The van der Waals surface area contributed by atoms with Crippen LogP contribution in [0.3, 0.4) is 0 Å². The van der Waals surface area contributed by atoms with Gasteiger partial charge in [0.15, 0.2) is 0 Å². The van der Waals surface area contributed by atoms with Crippen LogP contribution in [0.15, 0.2) is 15.7 Å². The predicted molar refractivity (Wildman–Crippen MR) is 62.7 cm³/mol. The molecule has 0 amide bonds. The van der Waals surface area contributed by atoms with E-state index in [2.05, 4.69) is 22.2 Å². The highest BCUT2D eigenvalue weighted by atomic mass is 16.2. The summed E-state index contributed by atoms with van der Waals surface area (Å²) >= 11 is 0. The van der Waals surface area contributed by atoms with Crippen molar-refractivity contribution in [3.05, 3.63) is 26.9 Å². The second kappa shape index (κ2) is 4.55. The molecule has 1 aromatic rings. The number of hydrogen-bond acceptors (Lipinski definition) is 3. The highest BCUT2D eigenvalue weighted by molar-refractivity contribution is 5.33. The van der Waals surface area contributed by atoms with Crippen LogP contribution in [0.1, 0.15) is 32.6 Å². The SMILES string of the molecule is C[C@H]1CCCC[C@H]1Nc1cc(=O)[nH]c(=O)[nH]1. The molecule has 3 N–H and O–H groups in total. The zero-order valence-corrected chi connectivity index (χ0v) is 9.38. The summed E-state index contributed by atoms with van der Waals surface area (Å²) in [5.74, 6) is 1.10. The first kappa shape index (κ1) is 11.0. The minimum Gasteiger partial charge on any atom is -0.368 e. The van der Waals surface area contributed by atoms with Crippen LogP contribution >= 0.6 is 0 Å². The van der Waals surface area contributed by atoms with Gasteiger partial charge >= 0.3 is 5.69 Å². The third-order valence-corrected chi connectivity index (χ3v) is 3.21. The minimum absolute atomic E-state index is 0.353. The molecule has 88 valence electrons. The fourth-order valence-corrected chi connectivity index (χ4v) is 2.28. The first-order valence-electron chi connectivity index (χ1n) is 5.75. The van der Waals surface area contributed by atoms with Gasteiger partial charge in [-0.2, -0.15) is 0 Å². The molecule has 0 bridgehead atoms. The zero-order valence-electron chi connectivity index (χ0n) is 9.38. The molecular formula is C11H17N3O2. The standard InChI is InChI=1S/C11H17N3O2/c1-7-4-2-3-5-8(7)12-9-6-10(15)14-11(16)13-9/h6-8H,2-5H2,1H3,(H3,12,13,14,15,16)/t7-,8+/m0/s1. The number of anilines is 1. The van der Waals surface area contributed by atoms with Crippen LogP contribution in [-0.4, -0.2) is 16.0 Å². The van der Waals surface area contributed by atoms with E-state index < -0.39 is 5.69 Å². The van der Waals surface area contributed by atoms with Crippen molar-refractivity contribution >= 4 is 5.82 Å². The van der Waals surface area contributed by atoms with Crippen LogP contribution in [0.2, 0.25) is 0 Å². The monoisotopic (exact) mass is 223 g/mol. The van der Waals surface area contributed by atoms with E-state index in [-0.39, 0.29) is 5.56 Å². The number of rotatable bonds is 2. The molecule has 2 atom stereocenters. The van der Waals surface area contributed by atoms with Crippen molar-refractivity contribution in [3.8, 4) is 0 Å². The van der Waals surface area contributed by atoms with Crippen molar-refractivity contribution in [1.29, 1.82) is 0 Å². The van der Waals surface area contributed by atoms with E-state index >= 15 is 0 Å². The summed E-state index contributed by atoms with van der Waals surface area (Å²) in [6.07, 6.45) is 4.77. The smallest absolute Gasteiger partial charge is 0.327 e. The Bertz CT molecular complexity index is 435. The van der Waals surface area contributed by atoms with Crippen LogP contribution < -0.4 is 16.6 Å². The van der Waals surface area contributed by atoms with Crippen LogP contribution in [-0.2, 0) is 0 Å². The lowest BCUT2D eigenvalue weighted by Gasteiger charge is -2.29. The Morgan fingerprint density at radius 2 is 2.00 bits per heavy atom. The van der Waals surface area contributed by atoms with E-state index in [4.69, 9.17) is 0 Å². The summed E-state index contributed by atoms with van der Waals surface area (Å²) in [6, 6.07) is 1.74. The molecule has 1 fully saturated rings. The molecule has 0 aliphatic heterocycles. The van der Waals surface area contributed by atoms with Crippen molar-refractivity contribution in [2.75, 3.05) is 5.32 Å². The Balaban J connectivity index is 2.13. The molecule has 5 heteroatoms. The maximum atomic E-state index is 11.1. The van der Waals surface area contributed by atoms with Gasteiger partial charge in [-0.3, -0.25) is 14.8 Å². The zero-order chi connectivity index (χ0) is 11.5. The van der Waals surface area contributed by atoms with Gasteiger partial charge < -0.3 is 5.32 Å². The topological polar surface area (TPSA) is 77.8 Å². The molecule has 1 aliphatic rings. The molecule has 1 saturated carbocycles. The fourth-order valence-electron chi connectivity index (χ4n) is 2.28. The Morgan fingerprint density at radius 3 is 2.69 bits per heavy atom. The number of hydrogen-bond donors (Lipinski definition) is 3. The average Bonchev–Trinajstić information content (AvgIpc) is 2.20. The van der Waals surface area contributed by atoms with Gasteiger partial charge in [0.25, 0.3) is 5.56 Å². The van der Waals surface area contributed by atoms with Crippen molar-refractivity contribution < 1.29 is 0 Å². The van der Waals surface area contributed by atoms with Crippen LogP contribution in [0.4, 0.5) is 5.82 Å². The van der Waals surface area contributed by atoms with Gasteiger partial charge in [-0.25, -0.2) is 4.79 Å². The minimum atomic E-state index is -0.460. The van der Waals surface area contributed by atoms with Gasteiger partial charge in [0.05, 0.1) is 0 Å². The highest BCUT2D eigenvalue weighted by Crippen LogP contribution is 2.25. The van der Waals surface area contributed by atoms with E-state index in [1.807, 2.05) is 0 Å². The lowest BCUT2D eigenvalue weighted by molar-refractivity contribution is 0.349. The summed E-state index contributed by atoms with van der Waals surface area (Å²) in [5.41, 5.74) is -0.826. The van der Waals surface area contributed by atoms with Gasteiger partial charge in [-0.1, -0.05) is 19.8 Å². The van der Waals surface area contributed by atoms with Crippen LogP contribution in [0.25, 0.3) is 0 Å². The first-order valence-corrected chi connectivity index (χ1v) is 5.75. The maximum absolute atomic E-state index is 11.1. The summed E-state index contributed by atoms with van der Waals surface area (Å²) in [6.45, 7) is 2.20. The Morgan fingerprint density at radius 1 is 1.25 bits per heavy atom. The van der Waals surface area contributed by atoms with Crippen molar-refractivity contribution in [2.24, 2.45) is 5.92 Å². The van der Waals surface area contributed by atoms with Crippen LogP contribution in [0, 0.1) is 5.92 Å². The molecule has 0 unspecified atom stereocenters. The largest absolute Gasteiger partial charge is 0.368 e. The molecule has 1 heterocycles. The van der Waals surface area contributed by atoms with Crippen molar-refractivity contribution in [3.63, 3.8) is 0 Å². The van der Waals surface area contributed by atoms with E-state index in [0.29, 0.717) is 17.8 Å². The van der Waals surface area contributed by atoms with Gasteiger partial charge in [0.1, 0.15) is 5.82 Å². The maximum Gasteiger partial charge on any atom is 0.327 e. The lowest BCUT2D eigenvalue weighted by atomic mass is 9.86. The molecule has 5 nitrogen and oxygen atoms in total. The third-order valence-electron chi connectivity index (χ3n) is 3.21. The molecule has 1 aromatic heterocycles. The first-order chi connectivity index (χ1) is 7.65. The summed E-state index contributed by atoms with van der Waals surface area (Å²) in [7, 11) is 0. The Labute approximate surface area is 93.3 Å². The Kier molecular flexibility index (Phi) is 3.12. The summed E-state index contributed by atoms with van der Waals surface area (Å²) in [5, 5.41) is 3.24. The van der Waals surface area contributed by atoms with E-state index in [0.717, 1.165) is 6.42 Å². The molecular weight excluding hydrogens is 206 g/mol. The van der Waals surface area contributed by atoms with Gasteiger partial charge in [0, 0.05) is 12.1 Å². The second-order valence-corrected chi connectivity index (χ2v) is 4.51. The fraction of sp³-hybridized carbons (Fsp3) is 0.636.